The molecule has 1 aliphatic carbocycles. The smallest absolute Gasteiger partial charge is 0.254 e. The summed E-state index contributed by atoms with van der Waals surface area (Å²) >= 11 is -1.28. The van der Waals surface area contributed by atoms with E-state index >= 15 is 0 Å². The molecule has 7 heteroatoms. The number of nitrogens with zero attached hydrogens (tertiary/aromatic N) is 1. The summed E-state index contributed by atoms with van der Waals surface area (Å²) in [6.07, 6.45) is 3.42. The number of carbonyl (C=O) groups is 1. The van der Waals surface area contributed by atoms with Crippen LogP contribution in [0.15, 0.2) is 23.1 Å². The number of halogens is 1. The van der Waals surface area contributed by atoms with Crippen molar-refractivity contribution in [2.24, 2.45) is 5.92 Å². The molecule has 1 saturated heterocycles. The Morgan fingerprint density at radius 3 is 2.70 bits per heavy atom. The quantitative estimate of drug-likeness (QED) is 0.775. The third-order valence-electron chi connectivity index (χ3n) is 6.05. The number of hydrogen-bond donors (Lipinski definition) is 1. The van der Waals surface area contributed by atoms with E-state index in [1.165, 1.54) is 6.07 Å². The Labute approximate surface area is 163 Å². The Bertz CT molecular complexity index is 678. The number of hydrogen-bond acceptors (Lipinski definition) is 4. The number of rotatable bonds is 5. The molecule has 1 amide bonds. The van der Waals surface area contributed by atoms with Crippen molar-refractivity contribution >= 4 is 17.1 Å². The number of benzene rings is 1. The van der Waals surface area contributed by atoms with E-state index in [1.54, 1.807) is 31.1 Å². The van der Waals surface area contributed by atoms with Gasteiger partial charge in [-0.25, -0.2) is 4.39 Å². The number of methoxy groups -OCH3 is 1. The summed E-state index contributed by atoms with van der Waals surface area (Å²) in [5, 5.41) is 9.18. The predicted molar refractivity (Wildman–Crippen MR) is 101 cm³/mol. The Morgan fingerprint density at radius 2 is 2.11 bits per heavy atom. The van der Waals surface area contributed by atoms with Gasteiger partial charge >= 0.3 is 0 Å². The average Bonchev–Trinajstić information content (AvgIpc) is 3.19. The van der Waals surface area contributed by atoms with Crippen molar-refractivity contribution in [3.05, 3.63) is 29.6 Å². The van der Waals surface area contributed by atoms with Crippen molar-refractivity contribution in [1.82, 2.24) is 4.90 Å². The van der Waals surface area contributed by atoms with Gasteiger partial charge in [-0.3, -0.25) is 4.79 Å². The van der Waals surface area contributed by atoms with E-state index in [1.807, 2.05) is 0 Å². The summed E-state index contributed by atoms with van der Waals surface area (Å²) in [4.78, 5) is 15.5. The lowest BCUT2D eigenvalue weighted by atomic mass is 9.78. The third-order valence-corrected chi connectivity index (χ3v) is 7.76. The zero-order valence-electron chi connectivity index (χ0n) is 15.9. The van der Waals surface area contributed by atoms with Crippen LogP contribution in [0.4, 0.5) is 4.39 Å². The van der Waals surface area contributed by atoms with Crippen LogP contribution in [0, 0.1) is 18.7 Å². The lowest BCUT2D eigenvalue weighted by molar-refractivity contribution is -0.159. The monoisotopic (exact) mass is 397 g/mol. The molecule has 0 radical (unpaired) electrons. The minimum Gasteiger partial charge on any atom is -0.611 e. The SMILES string of the molecule is COC1(C(=O)N2CCC([S+]([O-])c3ccc(F)c(C)c3)C2)CCC(CO)CC1. The molecule has 1 saturated carbocycles. The van der Waals surface area contributed by atoms with E-state index in [0.717, 1.165) is 12.8 Å². The molecule has 150 valence electrons. The first-order valence-electron chi connectivity index (χ1n) is 9.52. The van der Waals surface area contributed by atoms with Crippen LogP contribution in [-0.4, -0.2) is 58.1 Å². The fourth-order valence-electron chi connectivity index (χ4n) is 4.14. The van der Waals surface area contributed by atoms with Crippen LogP contribution >= 0.6 is 0 Å². The molecule has 3 rings (SSSR count). The van der Waals surface area contributed by atoms with E-state index in [9.17, 15) is 18.8 Å². The van der Waals surface area contributed by atoms with Gasteiger partial charge in [-0.2, -0.15) is 0 Å². The molecule has 1 aromatic rings. The summed E-state index contributed by atoms with van der Waals surface area (Å²) in [5.41, 5.74) is -0.347. The second kappa shape index (κ2) is 8.47. The van der Waals surface area contributed by atoms with E-state index in [2.05, 4.69) is 0 Å². The molecule has 1 N–H and O–H groups in total. The molecule has 2 fully saturated rings. The number of amides is 1. The zero-order chi connectivity index (χ0) is 19.6. The average molecular weight is 398 g/mol. The molecule has 27 heavy (non-hydrogen) atoms. The highest BCUT2D eigenvalue weighted by atomic mass is 32.2. The first-order chi connectivity index (χ1) is 12.9. The number of aliphatic hydroxyl groups excluding tert-OH is 1. The van der Waals surface area contributed by atoms with Crippen molar-refractivity contribution in [2.75, 3.05) is 26.8 Å². The standard InChI is InChI=1S/C20H28FNO4S/c1-14-11-16(3-4-18(14)21)27(25)17-7-10-22(12-17)19(24)20(26-2)8-5-15(13-23)6-9-20/h3-4,11,15,17,23H,5-10,12-13H2,1-2H3. The molecule has 5 nitrogen and oxygen atoms in total. The minimum atomic E-state index is -1.28. The molecule has 1 aliphatic heterocycles. The van der Waals surface area contributed by atoms with Gasteiger partial charge in [0.05, 0.1) is 6.54 Å². The van der Waals surface area contributed by atoms with Crippen molar-refractivity contribution in [1.29, 1.82) is 0 Å². The number of aliphatic hydroxyl groups is 1. The second-order valence-corrected chi connectivity index (χ2v) is 9.43. The summed E-state index contributed by atoms with van der Waals surface area (Å²) in [6.45, 7) is 2.79. The lowest BCUT2D eigenvalue weighted by Crippen LogP contribution is -2.52. The molecule has 0 spiro atoms. The van der Waals surface area contributed by atoms with Crippen molar-refractivity contribution in [3.8, 4) is 0 Å². The fraction of sp³-hybridized carbons (Fsp3) is 0.650. The third kappa shape index (κ3) is 4.16. The van der Waals surface area contributed by atoms with Crippen LogP contribution in [0.2, 0.25) is 0 Å². The first-order valence-corrected chi connectivity index (χ1v) is 10.7. The number of ether oxygens (including phenoxy) is 1. The van der Waals surface area contributed by atoms with E-state index in [0.29, 0.717) is 42.8 Å². The Hall–Kier alpha value is -1.15. The van der Waals surface area contributed by atoms with Crippen LogP contribution in [-0.2, 0) is 20.7 Å². The summed E-state index contributed by atoms with van der Waals surface area (Å²) in [6, 6.07) is 4.54. The van der Waals surface area contributed by atoms with Gasteiger partial charge < -0.3 is 19.3 Å². The highest BCUT2D eigenvalue weighted by Gasteiger charge is 2.47. The van der Waals surface area contributed by atoms with Gasteiger partial charge in [-0.05, 0) is 73.5 Å². The van der Waals surface area contributed by atoms with Crippen molar-refractivity contribution < 1.29 is 23.6 Å². The minimum absolute atomic E-state index is 0.0313. The zero-order valence-corrected chi connectivity index (χ0v) is 16.8. The molecule has 2 unspecified atom stereocenters. The van der Waals surface area contributed by atoms with E-state index < -0.39 is 16.8 Å². The van der Waals surface area contributed by atoms with Gasteiger partial charge in [0, 0.05) is 26.7 Å². The molecule has 0 bridgehead atoms. The van der Waals surface area contributed by atoms with Crippen LogP contribution < -0.4 is 0 Å². The topological polar surface area (TPSA) is 72.8 Å². The van der Waals surface area contributed by atoms with E-state index in [4.69, 9.17) is 4.74 Å². The van der Waals surface area contributed by atoms with Crippen LogP contribution in [0.25, 0.3) is 0 Å². The van der Waals surface area contributed by atoms with E-state index in [-0.39, 0.29) is 29.5 Å². The highest BCUT2D eigenvalue weighted by Crippen LogP contribution is 2.37. The van der Waals surface area contributed by atoms with Crippen LogP contribution in [0.3, 0.4) is 0 Å². The normalized spacial score (nSPS) is 29.7. The van der Waals surface area contributed by atoms with Gasteiger partial charge in [0.15, 0.2) is 4.90 Å². The largest absolute Gasteiger partial charge is 0.611 e. The molecule has 1 aromatic carbocycles. The van der Waals surface area contributed by atoms with Gasteiger partial charge in [-0.15, -0.1) is 0 Å². The Balaban J connectivity index is 1.65. The maximum Gasteiger partial charge on any atom is 0.254 e. The summed E-state index contributed by atoms with van der Waals surface area (Å²) in [5.74, 6) is -0.0997. The van der Waals surface area contributed by atoms with Gasteiger partial charge in [-0.1, -0.05) is 0 Å². The van der Waals surface area contributed by atoms with Gasteiger partial charge in [0.2, 0.25) is 0 Å². The fourth-order valence-corrected chi connectivity index (χ4v) is 5.66. The summed E-state index contributed by atoms with van der Waals surface area (Å²) in [7, 11) is 1.57. The molecular formula is C20H28FNO4S. The van der Waals surface area contributed by atoms with Gasteiger partial charge in [0.1, 0.15) is 16.7 Å². The van der Waals surface area contributed by atoms with Gasteiger partial charge in [0.25, 0.3) is 5.91 Å². The molecular weight excluding hydrogens is 369 g/mol. The number of carbonyl (C=O) groups excluding carboxylic acids is 1. The summed E-state index contributed by atoms with van der Waals surface area (Å²) < 4.78 is 32.0. The number of aryl methyl sites for hydroxylation is 1. The second-order valence-electron chi connectivity index (χ2n) is 7.69. The molecule has 2 aliphatic rings. The maximum absolute atomic E-state index is 13.5. The first kappa shape index (κ1) is 20.6. The van der Waals surface area contributed by atoms with Crippen LogP contribution in [0.5, 0.6) is 0 Å². The molecule has 0 aromatic heterocycles. The van der Waals surface area contributed by atoms with Crippen molar-refractivity contribution in [3.63, 3.8) is 0 Å². The van der Waals surface area contributed by atoms with Crippen LogP contribution in [0.1, 0.15) is 37.7 Å². The predicted octanol–water partition coefficient (Wildman–Crippen LogP) is 2.41. The number of likely N-dealkylation sites (tertiary alicyclic amines) is 1. The lowest BCUT2D eigenvalue weighted by Gasteiger charge is -2.39. The highest BCUT2D eigenvalue weighted by molar-refractivity contribution is 7.92. The Morgan fingerprint density at radius 1 is 1.41 bits per heavy atom. The van der Waals surface area contributed by atoms with Crippen molar-refractivity contribution in [2.45, 2.75) is 54.8 Å². The maximum atomic E-state index is 13.5. The molecule has 1 heterocycles. The molecule has 2 atom stereocenters. The Kier molecular flexibility index (Phi) is 6.46.